The van der Waals surface area contributed by atoms with Gasteiger partial charge in [0.25, 0.3) is 0 Å². The molecule has 0 bridgehead atoms. The van der Waals surface area contributed by atoms with Crippen LogP contribution in [0.25, 0.3) is 10.8 Å². The fourth-order valence-electron chi connectivity index (χ4n) is 3.45. The van der Waals surface area contributed by atoms with Gasteiger partial charge in [-0.05, 0) is 59.0 Å². The Morgan fingerprint density at radius 3 is 2.50 bits per heavy atom. The van der Waals surface area contributed by atoms with Crippen molar-refractivity contribution < 1.29 is 10.2 Å². The monoisotopic (exact) mass is 385 g/mol. The van der Waals surface area contributed by atoms with E-state index in [0.29, 0.717) is 0 Å². The van der Waals surface area contributed by atoms with Crippen LogP contribution >= 0.6 is 17.0 Å². The summed E-state index contributed by atoms with van der Waals surface area (Å²) in [5, 5.41) is 25.5. The maximum Gasteiger partial charge on any atom is 0.157 e. The number of phenolic OH excluding ortho intramolecular Hbond substituents is 2. The van der Waals surface area contributed by atoms with Crippen LogP contribution in [0.15, 0.2) is 54.6 Å². The van der Waals surface area contributed by atoms with Gasteiger partial charge in [0.15, 0.2) is 11.5 Å². The van der Waals surface area contributed by atoms with E-state index in [2.05, 4.69) is 47.8 Å². The van der Waals surface area contributed by atoms with Crippen LogP contribution in [0.4, 0.5) is 0 Å². The number of phenols is 2. The van der Waals surface area contributed by atoms with Gasteiger partial charge in [0.1, 0.15) is 0 Å². The molecule has 24 heavy (non-hydrogen) atoms. The van der Waals surface area contributed by atoms with E-state index < -0.39 is 0 Å². The molecule has 0 fully saturated rings. The zero-order valence-corrected chi connectivity index (χ0v) is 14.9. The van der Waals surface area contributed by atoms with Gasteiger partial charge in [-0.2, -0.15) is 0 Å². The van der Waals surface area contributed by atoms with E-state index in [9.17, 15) is 10.2 Å². The predicted molar refractivity (Wildman–Crippen MR) is 102 cm³/mol. The highest BCUT2D eigenvalue weighted by Gasteiger charge is 2.22. The lowest BCUT2D eigenvalue weighted by molar-refractivity contribution is 0.398. The molecule has 3 aromatic rings. The second-order valence-corrected chi connectivity index (χ2v) is 6.18. The van der Waals surface area contributed by atoms with Crippen LogP contribution in [0.3, 0.4) is 0 Å². The van der Waals surface area contributed by atoms with Crippen LogP contribution in [-0.2, 0) is 12.8 Å². The molecule has 124 valence electrons. The fraction of sp³-hybridized carbons (Fsp3) is 0.200. The Morgan fingerprint density at radius 2 is 1.67 bits per heavy atom. The molecule has 0 aliphatic carbocycles. The summed E-state index contributed by atoms with van der Waals surface area (Å²) in [5.41, 5.74) is 3.46. The smallest absolute Gasteiger partial charge is 0.157 e. The van der Waals surface area contributed by atoms with Crippen molar-refractivity contribution in [1.29, 1.82) is 0 Å². The maximum atomic E-state index is 9.82. The van der Waals surface area contributed by atoms with Gasteiger partial charge in [0.05, 0.1) is 0 Å². The molecule has 3 N–H and O–H groups in total. The Labute approximate surface area is 151 Å². The molecular formula is C20H20BrNO2. The molecular weight excluding hydrogens is 366 g/mol. The molecule has 0 unspecified atom stereocenters. The van der Waals surface area contributed by atoms with Gasteiger partial charge in [-0.3, -0.25) is 0 Å². The summed E-state index contributed by atoms with van der Waals surface area (Å²) in [7, 11) is 0. The van der Waals surface area contributed by atoms with Gasteiger partial charge in [0.2, 0.25) is 0 Å². The van der Waals surface area contributed by atoms with E-state index in [1.54, 1.807) is 12.1 Å². The Balaban J connectivity index is 0.00000169. The van der Waals surface area contributed by atoms with E-state index in [1.165, 1.54) is 16.3 Å². The largest absolute Gasteiger partial charge is 0.504 e. The van der Waals surface area contributed by atoms with Crippen molar-refractivity contribution in [3.63, 3.8) is 0 Å². The third-order valence-electron chi connectivity index (χ3n) is 4.65. The highest BCUT2D eigenvalue weighted by Crippen LogP contribution is 2.35. The summed E-state index contributed by atoms with van der Waals surface area (Å²) >= 11 is 0. The van der Waals surface area contributed by atoms with E-state index in [0.717, 1.165) is 30.5 Å². The summed E-state index contributed by atoms with van der Waals surface area (Å²) in [6, 6.07) is 18.5. The normalized spacial score (nSPS) is 16.4. The van der Waals surface area contributed by atoms with Gasteiger partial charge in [-0.15, -0.1) is 17.0 Å². The van der Waals surface area contributed by atoms with Crippen molar-refractivity contribution in [3.8, 4) is 11.5 Å². The first-order valence-corrected chi connectivity index (χ1v) is 7.96. The molecule has 0 amide bonds. The van der Waals surface area contributed by atoms with Crippen molar-refractivity contribution in [2.24, 2.45) is 0 Å². The minimum Gasteiger partial charge on any atom is -0.504 e. The minimum atomic E-state index is -0.0454. The molecule has 3 nitrogen and oxygen atoms in total. The first-order valence-electron chi connectivity index (χ1n) is 7.96. The standard InChI is InChI=1S/C20H19NO2.BrH/c22-19-11-16-7-8-21-18(17(16)12-20(19)23)10-13-5-6-14-3-1-2-4-15(14)9-13;/h1-6,9,11-12,18,21-23H,7-8,10H2;1H/t18-;/m0./s1. The average Bonchev–Trinajstić information content (AvgIpc) is 2.56. The molecule has 0 aromatic heterocycles. The van der Waals surface area contributed by atoms with Crippen LogP contribution in [0.1, 0.15) is 22.7 Å². The number of fused-ring (bicyclic) bond motifs is 2. The topological polar surface area (TPSA) is 52.5 Å². The Bertz CT molecular complexity index is 879. The van der Waals surface area contributed by atoms with E-state index in [-0.39, 0.29) is 34.5 Å². The van der Waals surface area contributed by atoms with Gasteiger partial charge in [-0.1, -0.05) is 42.5 Å². The van der Waals surface area contributed by atoms with Crippen LogP contribution < -0.4 is 5.32 Å². The number of hydrogen-bond donors (Lipinski definition) is 3. The summed E-state index contributed by atoms with van der Waals surface area (Å²) in [6.07, 6.45) is 1.74. The maximum absolute atomic E-state index is 9.82. The molecule has 1 aliphatic rings. The van der Waals surface area contributed by atoms with Crippen LogP contribution in [0.5, 0.6) is 11.5 Å². The van der Waals surface area contributed by atoms with E-state index in [1.807, 2.05) is 0 Å². The molecule has 0 saturated heterocycles. The molecule has 3 aromatic carbocycles. The molecule has 0 radical (unpaired) electrons. The fourth-order valence-corrected chi connectivity index (χ4v) is 3.45. The molecule has 0 saturated carbocycles. The number of hydrogen-bond acceptors (Lipinski definition) is 3. The minimum absolute atomic E-state index is 0. The highest BCUT2D eigenvalue weighted by atomic mass is 79.9. The van der Waals surface area contributed by atoms with Crippen molar-refractivity contribution in [3.05, 3.63) is 71.3 Å². The van der Waals surface area contributed by atoms with Crippen LogP contribution in [0, 0.1) is 0 Å². The second-order valence-electron chi connectivity index (χ2n) is 6.18. The van der Waals surface area contributed by atoms with Crippen molar-refractivity contribution >= 4 is 27.8 Å². The van der Waals surface area contributed by atoms with Gasteiger partial charge >= 0.3 is 0 Å². The summed E-state index contributed by atoms with van der Waals surface area (Å²) < 4.78 is 0. The molecule has 1 heterocycles. The van der Waals surface area contributed by atoms with Crippen molar-refractivity contribution in [2.75, 3.05) is 6.54 Å². The zero-order chi connectivity index (χ0) is 15.8. The second kappa shape index (κ2) is 6.83. The van der Waals surface area contributed by atoms with Crippen LogP contribution in [0.2, 0.25) is 0 Å². The molecule has 4 rings (SSSR count). The molecule has 4 heteroatoms. The molecule has 1 aliphatic heterocycles. The van der Waals surface area contributed by atoms with Gasteiger partial charge < -0.3 is 15.5 Å². The first kappa shape index (κ1) is 16.8. The Hall–Kier alpha value is -2.04. The Kier molecular flexibility index (Phi) is 4.78. The SMILES string of the molecule is Br.Oc1cc2c(cc1O)[C@H](Cc1ccc3ccccc3c1)NCC2. The third-order valence-corrected chi connectivity index (χ3v) is 4.65. The van der Waals surface area contributed by atoms with Gasteiger partial charge in [0, 0.05) is 6.04 Å². The number of benzene rings is 3. The van der Waals surface area contributed by atoms with E-state index >= 15 is 0 Å². The number of nitrogens with one attached hydrogen (secondary N) is 1. The van der Waals surface area contributed by atoms with Crippen LogP contribution in [-0.4, -0.2) is 16.8 Å². The highest BCUT2D eigenvalue weighted by molar-refractivity contribution is 8.93. The average molecular weight is 386 g/mol. The number of rotatable bonds is 2. The summed E-state index contributed by atoms with van der Waals surface area (Å²) in [4.78, 5) is 0. The zero-order valence-electron chi connectivity index (χ0n) is 13.2. The number of halogens is 1. The predicted octanol–water partition coefficient (Wildman–Crippen LogP) is 4.26. The quantitative estimate of drug-likeness (QED) is 0.577. The lowest BCUT2D eigenvalue weighted by Gasteiger charge is -2.27. The Morgan fingerprint density at radius 1 is 0.917 bits per heavy atom. The molecule has 0 spiro atoms. The number of aromatic hydroxyl groups is 2. The van der Waals surface area contributed by atoms with Gasteiger partial charge in [-0.25, -0.2) is 0 Å². The lowest BCUT2D eigenvalue weighted by atomic mass is 9.89. The molecule has 1 atom stereocenters. The summed E-state index contributed by atoms with van der Waals surface area (Å²) in [6.45, 7) is 0.884. The lowest BCUT2D eigenvalue weighted by Crippen LogP contribution is -2.31. The van der Waals surface area contributed by atoms with E-state index in [4.69, 9.17) is 0 Å². The third kappa shape index (κ3) is 3.12. The summed E-state index contributed by atoms with van der Waals surface area (Å²) in [5.74, 6) is -0.0777. The first-order chi connectivity index (χ1) is 11.2. The van der Waals surface area contributed by atoms with Crippen molar-refractivity contribution in [2.45, 2.75) is 18.9 Å². The van der Waals surface area contributed by atoms with Crippen molar-refractivity contribution in [1.82, 2.24) is 5.32 Å².